The largest absolute Gasteiger partial charge is 0.335 e. The third-order valence-corrected chi connectivity index (χ3v) is 5.05. The van der Waals surface area contributed by atoms with Gasteiger partial charge in [0, 0.05) is 11.4 Å². The summed E-state index contributed by atoms with van der Waals surface area (Å²) in [5.41, 5.74) is 2.71. The topological polar surface area (TPSA) is 24.4 Å². The normalized spacial score (nSPS) is 21.9. The number of hydrogen-bond donors (Lipinski definition) is 1. The third-order valence-electron chi connectivity index (χ3n) is 3.90. The number of anilines is 1. The van der Waals surface area contributed by atoms with Crippen LogP contribution in [0.3, 0.4) is 0 Å². The first-order valence-corrected chi connectivity index (χ1v) is 7.81. The van der Waals surface area contributed by atoms with Crippen LogP contribution in [0.2, 0.25) is 0 Å². The predicted molar refractivity (Wildman–Crippen MR) is 80.5 cm³/mol. The number of hydrogen-bond acceptors (Lipinski definition) is 3. The van der Waals surface area contributed by atoms with E-state index in [4.69, 9.17) is 4.99 Å². The standard InChI is InChI=1S/C15H20N2S/c1-12-5-7-13(8-6-12)16-14-17-15(11-18-14)9-3-2-4-10-15/h5-8H,2-4,9-11H2,1H3,(H,16,17). The van der Waals surface area contributed by atoms with Crippen LogP contribution < -0.4 is 5.32 Å². The lowest BCUT2D eigenvalue weighted by Crippen LogP contribution is -2.29. The Kier molecular flexibility index (Phi) is 3.33. The van der Waals surface area contributed by atoms with Crippen molar-refractivity contribution in [2.75, 3.05) is 11.1 Å². The van der Waals surface area contributed by atoms with Gasteiger partial charge in [0.25, 0.3) is 0 Å². The van der Waals surface area contributed by atoms with Crippen LogP contribution in [0.4, 0.5) is 5.69 Å². The summed E-state index contributed by atoms with van der Waals surface area (Å²) in [5.74, 6) is 1.17. The molecule has 96 valence electrons. The zero-order valence-electron chi connectivity index (χ0n) is 10.9. The van der Waals surface area contributed by atoms with Crippen LogP contribution in [-0.4, -0.2) is 16.5 Å². The fraction of sp³-hybridized carbons (Fsp3) is 0.533. The predicted octanol–water partition coefficient (Wildman–Crippen LogP) is 4.21. The number of nitrogens with zero attached hydrogens (tertiary/aromatic N) is 1. The number of benzene rings is 1. The first-order chi connectivity index (χ1) is 8.76. The minimum atomic E-state index is 0.260. The van der Waals surface area contributed by atoms with Gasteiger partial charge in [-0.15, -0.1) is 0 Å². The Morgan fingerprint density at radius 3 is 2.56 bits per heavy atom. The SMILES string of the molecule is Cc1ccc(NC2=NC3(CCCCC3)CS2)cc1. The summed E-state index contributed by atoms with van der Waals surface area (Å²) in [6, 6.07) is 8.53. The average molecular weight is 260 g/mol. The summed E-state index contributed by atoms with van der Waals surface area (Å²) in [4.78, 5) is 4.97. The molecule has 1 aromatic rings. The second kappa shape index (κ2) is 4.96. The molecule has 1 saturated carbocycles. The first-order valence-electron chi connectivity index (χ1n) is 6.82. The number of thioether (sulfide) groups is 1. The smallest absolute Gasteiger partial charge is 0.161 e. The van der Waals surface area contributed by atoms with Crippen molar-refractivity contribution >= 4 is 22.6 Å². The molecule has 2 aliphatic rings. The molecule has 0 aromatic heterocycles. The van der Waals surface area contributed by atoms with Crippen molar-refractivity contribution in [1.82, 2.24) is 0 Å². The van der Waals surface area contributed by atoms with Crippen LogP contribution in [0.1, 0.15) is 37.7 Å². The van der Waals surface area contributed by atoms with Gasteiger partial charge in [0.2, 0.25) is 0 Å². The molecule has 0 bridgehead atoms. The van der Waals surface area contributed by atoms with Gasteiger partial charge >= 0.3 is 0 Å². The first kappa shape index (κ1) is 12.1. The highest BCUT2D eigenvalue weighted by Gasteiger charge is 2.36. The van der Waals surface area contributed by atoms with E-state index in [0.717, 1.165) is 10.9 Å². The molecule has 3 heteroatoms. The van der Waals surface area contributed by atoms with E-state index >= 15 is 0 Å². The molecule has 2 nitrogen and oxygen atoms in total. The van der Waals surface area contributed by atoms with E-state index in [0.29, 0.717) is 0 Å². The molecule has 1 aliphatic heterocycles. The van der Waals surface area contributed by atoms with E-state index in [1.54, 1.807) is 0 Å². The zero-order chi connectivity index (χ0) is 12.4. The van der Waals surface area contributed by atoms with Gasteiger partial charge in [0.15, 0.2) is 5.17 Å². The lowest BCUT2D eigenvalue weighted by molar-refractivity contribution is 0.335. The van der Waals surface area contributed by atoms with Crippen molar-refractivity contribution < 1.29 is 0 Å². The Hall–Kier alpha value is -0.960. The van der Waals surface area contributed by atoms with Crippen molar-refractivity contribution in [3.8, 4) is 0 Å². The van der Waals surface area contributed by atoms with E-state index in [1.165, 1.54) is 43.4 Å². The Morgan fingerprint density at radius 1 is 1.11 bits per heavy atom. The maximum atomic E-state index is 4.97. The van der Waals surface area contributed by atoms with E-state index in [9.17, 15) is 0 Å². The zero-order valence-corrected chi connectivity index (χ0v) is 11.7. The van der Waals surface area contributed by atoms with Gasteiger partial charge < -0.3 is 5.32 Å². The Bertz CT molecular complexity index is 444. The van der Waals surface area contributed by atoms with E-state index in [-0.39, 0.29) is 5.54 Å². The highest BCUT2D eigenvalue weighted by molar-refractivity contribution is 8.14. The number of aliphatic imine (C=N–C) groups is 1. The number of nitrogens with one attached hydrogen (secondary N) is 1. The average Bonchev–Trinajstić information content (AvgIpc) is 2.76. The van der Waals surface area contributed by atoms with Crippen molar-refractivity contribution in [1.29, 1.82) is 0 Å². The summed E-state index contributed by atoms with van der Waals surface area (Å²) in [6.07, 6.45) is 6.64. The molecule has 0 atom stereocenters. The van der Waals surface area contributed by atoms with Crippen LogP contribution in [-0.2, 0) is 0 Å². The maximum absolute atomic E-state index is 4.97. The number of aryl methyl sites for hydroxylation is 1. The van der Waals surface area contributed by atoms with Crippen LogP contribution >= 0.6 is 11.8 Å². The molecule has 0 unspecified atom stereocenters. The van der Waals surface area contributed by atoms with E-state index in [2.05, 4.69) is 36.5 Å². The molecule has 1 N–H and O–H groups in total. The lowest BCUT2D eigenvalue weighted by Gasteiger charge is -2.29. The third kappa shape index (κ3) is 2.56. The van der Waals surface area contributed by atoms with Crippen LogP contribution in [0.5, 0.6) is 0 Å². The monoisotopic (exact) mass is 260 g/mol. The molecule has 0 radical (unpaired) electrons. The fourth-order valence-corrected chi connectivity index (χ4v) is 3.98. The van der Waals surface area contributed by atoms with Crippen molar-refractivity contribution in [2.24, 2.45) is 4.99 Å². The minimum absolute atomic E-state index is 0.260. The van der Waals surface area contributed by atoms with Crippen LogP contribution in [0.25, 0.3) is 0 Å². The Labute approximate surface area is 113 Å². The second-order valence-electron chi connectivity index (χ2n) is 5.48. The fourth-order valence-electron chi connectivity index (χ4n) is 2.77. The minimum Gasteiger partial charge on any atom is -0.335 e. The molecule has 1 aliphatic carbocycles. The molecule has 3 rings (SSSR count). The van der Waals surface area contributed by atoms with Crippen molar-refractivity contribution in [2.45, 2.75) is 44.6 Å². The summed E-state index contributed by atoms with van der Waals surface area (Å²) in [6.45, 7) is 2.11. The molecular formula is C15H20N2S. The van der Waals surface area contributed by atoms with Gasteiger partial charge in [0.1, 0.15) is 0 Å². The number of amidine groups is 1. The number of rotatable bonds is 1. The highest BCUT2D eigenvalue weighted by Crippen LogP contribution is 2.39. The molecule has 1 aromatic carbocycles. The van der Waals surface area contributed by atoms with Crippen molar-refractivity contribution in [3.05, 3.63) is 29.8 Å². The van der Waals surface area contributed by atoms with Gasteiger partial charge in [-0.1, -0.05) is 48.7 Å². The quantitative estimate of drug-likeness (QED) is 0.818. The molecule has 18 heavy (non-hydrogen) atoms. The van der Waals surface area contributed by atoms with Gasteiger partial charge in [-0.25, -0.2) is 0 Å². The van der Waals surface area contributed by atoms with Crippen LogP contribution in [0.15, 0.2) is 29.3 Å². The molecule has 0 amide bonds. The molecular weight excluding hydrogens is 240 g/mol. The van der Waals surface area contributed by atoms with E-state index < -0.39 is 0 Å². The highest BCUT2D eigenvalue weighted by atomic mass is 32.2. The maximum Gasteiger partial charge on any atom is 0.161 e. The van der Waals surface area contributed by atoms with Gasteiger partial charge in [-0.2, -0.15) is 0 Å². The summed E-state index contributed by atoms with van der Waals surface area (Å²) in [7, 11) is 0. The van der Waals surface area contributed by atoms with E-state index in [1.807, 2.05) is 11.8 Å². The Balaban J connectivity index is 1.70. The molecule has 0 saturated heterocycles. The van der Waals surface area contributed by atoms with Gasteiger partial charge in [-0.3, -0.25) is 4.99 Å². The molecule has 1 fully saturated rings. The van der Waals surface area contributed by atoms with Gasteiger partial charge in [-0.05, 0) is 31.9 Å². The summed E-state index contributed by atoms with van der Waals surface area (Å²) >= 11 is 1.89. The lowest BCUT2D eigenvalue weighted by atomic mass is 9.84. The van der Waals surface area contributed by atoms with Crippen molar-refractivity contribution in [3.63, 3.8) is 0 Å². The molecule has 1 heterocycles. The van der Waals surface area contributed by atoms with Crippen LogP contribution in [0, 0.1) is 6.92 Å². The summed E-state index contributed by atoms with van der Waals surface area (Å²) < 4.78 is 0. The van der Waals surface area contributed by atoms with Gasteiger partial charge in [0.05, 0.1) is 5.54 Å². The second-order valence-corrected chi connectivity index (χ2v) is 6.45. The summed E-state index contributed by atoms with van der Waals surface area (Å²) in [5, 5.41) is 4.56. The molecule has 1 spiro atoms. The Morgan fingerprint density at radius 2 is 1.83 bits per heavy atom.